The first-order chi connectivity index (χ1) is 16.3. The Balaban J connectivity index is 1.64. The molecule has 0 bridgehead atoms. The molecule has 0 amide bonds. The summed E-state index contributed by atoms with van der Waals surface area (Å²) >= 11 is 0. The molecule has 0 saturated heterocycles. The predicted molar refractivity (Wildman–Crippen MR) is 138 cm³/mol. The van der Waals surface area contributed by atoms with Crippen LogP contribution < -0.4 is 0 Å². The van der Waals surface area contributed by atoms with Gasteiger partial charge in [0.25, 0.3) is 0 Å². The SMILES string of the molecule is Cc1cccc(-c2ccc3c4c5oc6ccccc6c5ccc4n(-c4ccccc4)c3c2)c1. The first-order valence-corrected chi connectivity index (χ1v) is 11.3. The van der Waals surface area contributed by atoms with Gasteiger partial charge in [-0.2, -0.15) is 0 Å². The van der Waals surface area contributed by atoms with Crippen molar-refractivity contribution in [3.05, 3.63) is 115 Å². The summed E-state index contributed by atoms with van der Waals surface area (Å²) in [4.78, 5) is 0. The van der Waals surface area contributed by atoms with Crippen molar-refractivity contribution in [2.75, 3.05) is 0 Å². The Morgan fingerprint density at radius 2 is 1.36 bits per heavy atom. The summed E-state index contributed by atoms with van der Waals surface area (Å²) in [5, 5.41) is 4.69. The van der Waals surface area contributed by atoms with Crippen molar-refractivity contribution in [2.45, 2.75) is 6.92 Å². The molecule has 0 spiro atoms. The molecule has 0 saturated carbocycles. The minimum absolute atomic E-state index is 0.928. The summed E-state index contributed by atoms with van der Waals surface area (Å²) in [5.74, 6) is 0. The van der Waals surface area contributed by atoms with Crippen LogP contribution in [0.25, 0.3) is 60.6 Å². The summed E-state index contributed by atoms with van der Waals surface area (Å²) in [6.07, 6.45) is 0. The molecule has 156 valence electrons. The lowest BCUT2D eigenvalue weighted by atomic mass is 10.0. The van der Waals surface area contributed by atoms with Gasteiger partial charge in [-0.1, -0.05) is 78.4 Å². The van der Waals surface area contributed by atoms with E-state index in [4.69, 9.17) is 4.42 Å². The highest BCUT2D eigenvalue weighted by Crippen LogP contribution is 2.41. The molecule has 0 aliphatic carbocycles. The predicted octanol–water partition coefficient (Wildman–Crippen LogP) is 8.66. The molecule has 7 rings (SSSR count). The van der Waals surface area contributed by atoms with Crippen LogP contribution in [-0.2, 0) is 0 Å². The normalized spacial score (nSPS) is 11.8. The second kappa shape index (κ2) is 6.85. The number of hydrogen-bond acceptors (Lipinski definition) is 1. The van der Waals surface area contributed by atoms with Gasteiger partial charge in [0.05, 0.1) is 16.4 Å². The summed E-state index contributed by atoms with van der Waals surface area (Å²) < 4.78 is 8.80. The molecule has 0 unspecified atom stereocenters. The number of nitrogens with zero attached hydrogens (tertiary/aromatic N) is 1. The highest BCUT2D eigenvalue weighted by atomic mass is 16.3. The van der Waals surface area contributed by atoms with Crippen LogP contribution in [0.2, 0.25) is 0 Å². The number of furan rings is 1. The molecule has 0 aliphatic heterocycles. The van der Waals surface area contributed by atoms with E-state index in [1.165, 1.54) is 33.0 Å². The average Bonchev–Trinajstić information content (AvgIpc) is 3.39. The van der Waals surface area contributed by atoms with Crippen molar-refractivity contribution in [3.8, 4) is 16.8 Å². The summed E-state index contributed by atoms with van der Waals surface area (Å²) in [6.45, 7) is 2.14. The number of para-hydroxylation sites is 2. The van der Waals surface area contributed by atoms with Gasteiger partial charge in [0, 0.05) is 21.8 Å². The quantitative estimate of drug-likeness (QED) is 0.272. The van der Waals surface area contributed by atoms with E-state index >= 15 is 0 Å². The fourth-order valence-electron chi connectivity index (χ4n) is 5.14. The molecule has 33 heavy (non-hydrogen) atoms. The van der Waals surface area contributed by atoms with Crippen LogP contribution in [0.4, 0.5) is 0 Å². The second-order valence-corrected chi connectivity index (χ2v) is 8.71. The van der Waals surface area contributed by atoms with Crippen LogP contribution >= 0.6 is 0 Å². The van der Waals surface area contributed by atoms with Gasteiger partial charge in [0.2, 0.25) is 0 Å². The average molecular weight is 424 g/mol. The lowest BCUT2D eigenvalue weighted by Gasteiger charge is -2.09. The van der Waals surface area contributed by atoms with Gasteiger partial charge in [-0.3, -0.25) is 0 Å². The fraction of sp³-hybridized carbons (Fsp3) is 0.0323. The molecule has 0 aliphatic rings. The smallest absolute Gasteiger partial charge is 0.145 e. The first-order valence-electron chi connectivity index (χ1n) is 11.3. The Labute approximate surface area is 191 Å². The molecule has 2 aromatic heterocycles. The summed E-state index contributed by atoms with van der Waals surface area (Å²) in [6, 6.07) is 38.8. The summed E-state index contributed by atoms with van der Waals surface area (Å²) in [5.41, 5.74) is 9.08. The lowest BCUT2D eigenvalue weighted by molar-refractivity contribution is 0.673. The highest BCUT2D eigenvalue weighted by molar-refractivity contribution is 6.24. The van der Waals surface area contributed by atoms with E-state index in [2.05, 4.69) is 109 Å². The third-order valence-electron chi connectivity index (χ3n) is 6.64. The minimum Gasteiger partial charge on any atom is -0.455 e. The van der Waals surface area contributed by atoms with Gasteiger partial charge >= 0.3 is 0 Å². The molecule has 0 N–H and O–H groups in total. The van der Waals surface area contributed by atoms with Gasteiger partial charge in [0.1, 0.15) is 11.2 Å². The third kappa shape index (κ3) is 2.68. The van der Waals surface area contributed by atoms with Crippen LogP contribution in [0.15, 0.2) is 114 Å². The topological polar surface area (TPSA) is 18.1 Å². The van der Waals surface area contributed by atoms with Crippen molar-refractivity contribution < 1.29 is 4.42 Å². The minimum atomic E-state index is 0.928. The molecule has 0 radical (unpaired) electrons. The maximum absolute atomic E-state index is 6.44. The van der Waals surface area contributed by atoms with E-state index in [0.29, 0.717) is 0 Å². The molecule has 0 atom stereocenters. The Hall–Kier alpha value is -4.30. The molecule has 2 nitrogen and oxygen atoms in total. The van der Waals surface area contributed by atoms with E-state index in [9.17, 15) is 0 Å². The molecule has 7 aromatic rings. The van der Waals surface area contributed by atoms with Crippen LogP contribution in [0.3, 0.4) is 0 Å². The van der Waals surface area contributed by atoms with Crippen molar-refractivity contribution in [2.24, 2.45) is 0 Å². The van der Waals surface area contributed by atoms with Crippen molar-refractivity contribution in [1.82, 2.24) is 4.57 Å². The van der Waals surface area contributed by atoms with Gasteiger partial charge in [-0.05, 0) is 54.4 Å². The van der Waals surface area contributed by atoms with E-state index in [1.54, 1.807) is 0 Å². The van der Waals surface area contributed by atoms with E-state index in [0.717, 1.165) is 33.1 Å². The van der Waals surface area contributed by atoms with Crippen molar-refractivity contribution >= 4 is 43.7 Å². The van der Waals surface area contributed by atoms with Crippen LogP contribution in [0.5, 0.6) is 0 Å². The zero-order chi connectivity index (χ0) is 21.9. The van der Waals surface area contributed by atoms with Crippen molar-refractivity contribution in [3.63, 3.8) is 0 Å². The maximum atomic E-state index is 6.44. The second-order valence-electron chi connectivity index (χ2n) is 8.71. The lowest BCUT2D eigenvalue weighted by Crippen LogP contribution is -1.93. The maximum Gasteiger partial charge on any atom is 0.145 e. The monoisotopic (exact) mass is 423 g/mol. The fourth-order valence-corrected chi connectivity index (χ4v) is 5.14. The molecule has 2 heteroatoms. The zero-order valence-electron chi connectivity index (χ0n) is 18.2. The number of aryl methyl sites for hydroxylation is 1. The number of fused-ring (bicyclic) bond motifs is 7. The molecular weight excluding hydrogens is 402 g/mol. The van der Waals surface area contributed by atoms with Gasteiger partial charge in [-0.25, -0.2) is 0 Å². The Morgan fingerprint density at radius 1 is 0.576 bits per heavy atom. The Morgan fingerprint density at radius 3 is 2.24 bits per heavy atom. The third-order valence-corrected chi connectivity index (χ3v) is 6.64. The van der Waals surface area contributed by atoms with E-state index in [1.807, 2.05) is 12.1 Å². The van der Waals surface area contributed by atoms with E-state index in [-0.39, 0.29) is 0 Å². The first kappa shape index (κ1) is 18.3. The highest BCUT2D eigenvalue weighted by Gasteiger charge is 2.19. The number of hydrogen-bond donors (Lipinski definition) is 0. The molecule has 5 aromatic carbocycles. The summed E-state index contributed by atoms with van der Waals surface area (Å²) in [7, 11) is 0. The van der Waals surface area contributed by atoms with Crippen LogP contribution in [0, 0.1) is 6.92 Å². The molecule has 2 heterocycles. The standard InChI is InChI=1S/C31H21NO/c1-20-8-7-9-21(18-20)22-14-15-26-28(19-22)32(23-10-3-2-4-11-23)27-17-16-25-24-12-5-6-13-29(24)33-31(25)30(26)27/h2-19H,1H3. The Kier molecular flexibility index (Phi) is 3.80. The van der Waals surface area contributed by atoms with E-state index < -0.39 is 0 Å². The Bertz CT molecular complexity index is 1820. The van der Waals surface area contributed by atoms with Crippen LogP contribution in [-0.4, -0.2) is 4.57 Å². The largest absolute Gasteiger partial charge is 0.455 e. The number of rotatable bonds is 2. The van der Waals surface area contributed by atoms with Gasteiger partial charge in [0.15, 0.2) is 0 Å². The number of aromatic nitrogens is 1. The van der Waals surface area contributed by atoms with Gasteiger partial charge < -0.3 is 8.98 Å². The molecule has 0 fully saturated rings. The molecular formula is C31H21NO. The zero-order valence-corrected chi connectivity index (χ0v) is 18.2. The van der Waals surface area contributed by atoms with Crippen LogP contribution in [0.1, 0.15) is 5.56 Å². The van der Waals surface area contributed by atoms with Crippen molar-refractivity contribution in [1.29, 1.82) is 0 Å². The number of benzene rings is 5. The van der Waals surface area contributed by atoms with Gasteiger partial charge in [-0.15, -0.1) is 0 Å².